The number of fused-ring (bicyclic) bond motifs is 5. The van der Waals surface area contributed by atoms with E-state index in [-0.39, 0.29) is 35.4 Å². The van der Waals surface area contributed by atoms with Crippen LogP contribution in [0.25, 0.3) is 16.8 Å². The van der Waals surface area contributed by atoms with Crippen molar-refractivity contribution in [2.45, 2.75) is 37.9 Å². The van der Waals surface area contributed by atoms with Gasteiger partial charge in [0.15, 0.2) is 0 Å². The molecule has 7 rings (SSSR count). The Kier molecular flexibility index (Phi) is 6.33. The number of anilines is 1. The molecule has 1 unspecified atom stereocenters. The van der Waals surface area contributed by atoms with E-state index in [0.717, 1.165) is 42.8 Å². The van der Waals surface area contributed by atoms with Crippen LogP contribution >= 0.6 is 0 Å². The molecular formula is C30H29F2N5O4. The van der Waals surface area contributed by atoms with E-state index in [0.29, 0.717) is 29.3 Å². The van der Waals surface area contributed by atoms with Crippen LogP contribution in [-0.4, -0.2) is 57.2 Å². The van der Waals surface area contributed by atoms with Gasteiger partial charge in [-0.15, -0.1) is 0 Å². The van der Waals surface area contributed by atoms with Crippen LogP contribution in [0, 0.1) is 17.8 Å². The average molecular weight is 562 g/mol. The van der Waals surface area contributed by atoms with Gasteiger partial charge in [0.25, 0.3) is 0 Å². The molecule has 1 saturated heterocycles. The number of ether oxygens (including phenoxy) is 2. The third-order valence-electron chi connectivity index (χ3n) is 8.86. The second-order valence-corrected chi connectivity index (χ2v) is 11.1. The highest BCUT2D eigenvalue weighted by Crippen LogP contribution is 2.47. The Balaban J connectivity index is 1.18. The van der Waals surface area contributed by atoms with Gasteiger partial charge in [0.05, 0.1) is 30.5 Å². The second kappa shape index (κ2) is 10.1. The fourth-order valence-corrected chi connectivity index (χ4v) is 7.08. The second-order valence-electron chi connectivity index (χ2n) is 11.1. The van der Waals surface area contributed by atoms with Crippen LogP contribution in [0.4, 0.5) is 14.7 Å². The number of methoxy groups -OCH3 is 1. The summed E-state index contributed by atoms with van der Waals surface area (Å²) in [6.07, 6.45) is 6.99. The van der Waals surface area contributed by atoms with Gasteiger partial charge in [0.1, 0.15) is 11.4 Å². The number of pyridine rings is 1. The van der Waals surface area contributed by atoms with Crippen molar-refractivity contribution in [2.75, 3.05) is 25.1 Å². The third-order valence-corrected chi connectivity index (χ3v) is 8.86. The monoisotopic (exact) mass is 561 g/mol. The van der Waals surface area contributed by atoms with Gasteiger partial charge >= 0.3 is 12.6 Å². The maximum atomic E-state index is 13.1. The van der Waals surface area contributed by atoms with E-state index in [2.05, 4.69) is 19.9 Å². The summed E-state index contributed by atoms with van der Waals surface area (Å²) >= 11 is 0. The fraction of sp³-hybridized carbons (Fsp3) is 0.400. The minimum Gasteiger partial charge on any atom is -0.469 e. The Morgan fingerprint density at radius 3 is 2.49 bits per heavy atom. The molecule has 212 valence electrons. The summed E-state index contributed by atoms with van der Waals surface area (Å²) in [6, 6.07) is 10.5. The average Bonchev–Trinajstić information content (AvgIpc) is 3.60. The first-order valence-electron chi connectivity index (χ1n) is 13.8. The van der Waals surface area contributed by atoms with Crippen molar-refractivity contribution < 1.29 is 28.2 Å². The number of aromatic nitrogens is 4. The maximum absolute atomic E-state index is 13.1. The van der Waals surface area contributed by atoms with E-state index >= 15 is 0 Å². The SMILES string of the molecule is COC(=O)C1[C@@H]2CC[C@H]1CN(c1ncc(-c3ccc4nc5c(n4c3)[C@H](c3ccccc3OC(F)F)C[C@@H]5O)cn1)C2. The van der Waals surface area contributed by atoms with Gasteiger partial charge in [-0.3, -0.25) is 4.79 Å². The number of nitrogens with zero attached hydrogens (tertiary/aromatic N) is 5. The minimum absolute atomic E-state index is 0.0459. The van der Waals surface area contributed by atoms with E-state index in [1.165, 1.54) is 13.2 Å². The molecule has 41 heavy (non-hydrogen) atoms. The molecule has 1 N–H and O–H groups in total. The molecule has 4 heterocycles. The minimum atomic E-state index is -2.95. The summed E-state index contributed by atoms with van der Waals surface area (Å²) in [7, 11) is 1.45. The van der Waals surface area contributed by atoms with Gasteiger partial charge in [0.2, 0.25) is 5.95 Å². The summed E-state index contributed by atoms with van der Waals surface area (Å²) in [4.78, 5) is 28.4. The number of piperidine rings is 1. The molecule has 2 bridgehead atoms. The summed E-state index contributed by atoms with van der Waals surface area (Å²) in [5, 5.41) is 10.8. The van der Waals surface area contributed by atoms with Crippen LogP contribution in [0.3, 0.4) is 0 Å². The predicted octanol–water partition coefficient (Wildman–Crippen LogP) is 4.60. The maximum Gasteiger partial charge on any atom is 0.387 e. The molecule has 1 aromatic carbocycles. The molecule has 0 spiro atoms. The van der Waals surface area contributed by atoms with Crippen molar-refractivity contribution in [1.29, 1.82) is 0 Å². The number of aliphatic hydroxyl groups is 1. The van der Waals surface area contributed by atoms with Crippen molar-refractivity contribution in [1.82, 2.24) is 19.4 Å². The Morgan fingerprint density at radius 2 is 1.78 bits per heavy atom. The van der Waals surface area contributed by atoms with Gasteiger partial charge in [-0.05, 0) is 49.3 Å². The largest absolute Gasteiger partial charge is 0.469 e. The lowest BCUT2D eigenvalue weighted by Gasteiger charge is -2.36. The number of alkyl halides is 2. The number of halogens is 2. The highest BCUT2D eigenvalue weighted by atomic mass is 19.3. The van der Waals surface area contributed by atoms with E-state index < -0.39 is 12.7 Å². The lowest BCUT2D eigenvalue weighted by molar-refractivity contribution is -0.148. The Bertz CT molecular complexity index is 1600. The van der Waals surface area contributed by atoms with Crippen LogP contribution in [0.2, 0.25) is 0 Å². The number of aliphatic hydroxyl groups excluding tert-OH is 1. The smallest absolute Gasteiger partial charge is 0.387 e. The van der Waals surface area contributed by atoms with Crippen molar-refractivity contribution >= 4 is 17.6 Å². The highest BCUT2D eigenvalue weighted by Gasteiger charge is 2.47. The summed E-state index contributed by atoms with van der Waals surface area (Å²) < 4.78 is 38.0. The van der Waals surface area contributed by atoms with Crippen molar-refractivity contribution in [3.8, 4) is 16.9 Å². The van der Waals surface area contributed by atoms with Gasteiger partial charge in [-0.2, -0.15) is 8.78 Å². The summed E-state index contributed by atoms with van der Waals surface area (Å²) in [6.45, 7) is -1.50. The molecule has 4 aromatic rings. The van der Waals surface area contributed by atoms with E-state index in [9.17, 15) is 18.7 Å². The molecule has 5 atom stereocenters. The molecule has 3 aromatic heterocycles. The van der Waals surface area contributed by atoms with Gasteiger partial charge in [-0.1, -0.05) is 18.2 Å². The van der Waals surface area contributed by atoms with Gasteiger partial charge in [-0.25, -0.2) is 15.0 Å². The van der Waals surface area contributed by atoms with Crippen molar-refractivity contribution in [3.63, 3.8) is 0 Å². The highest BCUT2D eigenvalue weighted by molar-refractivity contribution is 5.74. The topological polar surface area (TPSA) is 102 Å². The number of para-hydroxylation sites is 1. The van der Waals surface area contributed by atoms with E-state index in [1.54, 1.807) is 30.6 Å². The Morgan fingerprint density at radius 1 is 1.05 bits per heavy atom. The lowest BCUT2D eigenvalue weighted by Crippen LogP contribution is -2.45. The van der Waals surface area contributed by atoms with Gasteiger partial charge < -0.3 is 23.9 Å². The van der Waals surface area contributed by atoms with Crippen LogP contribution in [-0.2, 0) is 9.53 Å². The third kappa shape index (κ3) is 4.39. The van der Waals surface area contributed by atoms with Crippen molar-refractivity contribution in [3.05, 3.63) is 71.9 Å². The van der Waals surface area contributed by atoms with E-state index in [4.69, 9.17) is 9.47 Å². The Hall–Kier alpha value is -4.12. The standard InChI is InChI=1S/C30H29F2N5O4/c1-40-28(39)25-17-6-7-18(25)14-36(13-17)30-33-11-19(12-34-30)16-8-9-24-35-26-22(38)10-21(27(26)37(24)15-16)20-4-2-3-5-23(20)41-29(31)32/h2-5,8-9,11-12,15,17-18,21-22,25,29,38H,6-7,10,13-14H2,1H3/t17-,18+,21-,22-,25?/m0/s1. The summed E-state index contributed by atoms with van der Waals surface area (Å²) in [5.74, 6) is 0.681. The normalized spacial score (nSPS) is 25.1. The number of esters is 1. The number of rotatable bonds is 6. The molecule has 2 fully saturated rings. The fourth-order valence-electron chi connectivity index (χ4n) is 7.08. The van der Waals surface area contributed by atoms with Crippen LogP contribution < -0.4 is 9.64 Å². The number of carbonyl (C=O) groups excluding carboxylic acids is 1. The molecule has 2 aliphatic carbocycles. The molecule has 3 aliphatic rings. The zero-order chi connectivity index (χ0) is 28.2. The predicted molar refractivity (Wildman–Crippen MR) is 145 cm³/mol. The molecule has 0 amide bonds. The zero-order valence-electron chi connectivity index (χ0n) is 22.4. The van der Waals surface area contributed by atoms with E-state index in [1.807, 2.05) is 22.7 Å². The van der Waals surface area contributed by atoms with Crippen LogP contribution in [0.5, 0.6) is 5.75 Å². The first-order chi connectivity index (χ1) is 19.9. The molecular weight excluding hydrogens is 532 g/mol. The molecule has 11 heteroatoms. The Labute approximate surface area is 234 Å². The quantitative estimate of drug-likeness (QED) is 0.341. The van der Waals surface area contributed by atoms with Crippen molar-refractivity contribution in [2.24, 2.45) is 17.8 Å². The number of benzene rings is 1. The van der Waals surface area contributed by atoms with Crippen LogP contribution in [0.15, 0.2) is 55.0 Å². The summed E-state index contributed by atoms with van der Waals surface area (Å²) in [5.41, 5.74) is 4.18. The number of carbonyl (C=O) groups is 1. The molecule has 0 radical (unpaired) electrons. The molecule has 1 aliphatic heterocycles. The zero-order valence-corrected chi connectivity index (χ0v) is 22.4. The number of hydrogen-bond acceptors (Lipinski definition) is 8. The molecule has 1 saturated carbocycles. The number of imidazole rings is 1. The number of hydrogen-bond donors (Lipinski definition) is 1. The first kappa shape index (κ1) is 25.8. The van der Waals surface area contributed by atoms with Crippen LogP contribution in [0.1, 0.15) is 48.2 Å². The molecule has 9 nitrogen and oxygen atoms in total. The lowest BCUT2D eigenvalue weighted by atomic mass is 9.85. The first-order valence-corrected chi connectivity index (χ1v) is 13.8. The van der Waals surface area contributed by atoms with Gasteiger partial charge in [0, 0.05) is 54.3 Å².